The van der Waals surface area contributed by atoms with Crippen molar-refractivity contribution in [3.05, 3.63) is 89.2 Å². The lowest BCUT2D eigenvalue weighted by molar-refractivity contribution is 0.483. The van der Waals surface area contributed by atoms with Gasteiger partial charge in [-0.3, -0.25) is 4.79 Å². The minimum absolute atomic E-state index is 0.170. The molecule has 0 bridgehead atoms. The second-order valence-corrected chi connectivity index (χ2v) is 7.06. The van der Waals surface area contributed by atoms with Crippen molar-refractivity contribution in [1.82, 2.24) is 14.6 Å². The van der Waals surface area contributed by atoms with Gasteiger partial charge in [-0.15, -0.1) is 5.10 Å². The third kappa shape index (κ3) is 3.08. The molecule has 0 saturated carbocycles. The molecule has 3 aromatic carbocycles. The highest BCUT2D eigenvalue weighted by molar-refractivity contribution is 7.20. The van der Waals surface area contributed by atoms with Crippen LogP contribution in [0.1, 0.15) is 0 Å². The van der Waals surface area contributed by atoms with E-state index in [0.717, 1.165) is 17.2 Å². The molecule has 5 rings (SSSR count). The summed E-state index contributed by atoms with van der Waals surface area (Å²) in [7, 11) is 0. The summed E-state index contributed by atoms with van der Waals surface area (Å²) < 4.78 is 7.13. The second kappa shape index (κ2) is 6.79. The lowest BCUT2D eigenvalue weighted by Crippen LogP contribution is -2.15. The Hall–Kier alpha value is -3.71. The molecule has 136 valence electrons. The van der Waals surface area contributed by atoms with Gasteiger partial charge in [0, 0.05) is 5.69 Å². The van der Waals surface area contributed by atoms with E-state index in [2.05, 4.69) is 15.4 Å². The molecule has 5 aromatic rings. The molecule has 0 radical (unpaired) electrons. The van der Waals surface area contributed by atoms with Crippen molar-refractivity contribution >= 4 is 38.0 Å². The molecule has 28 heavy (non-hydrogen) atoms. The van der Waals surface area contributed by atoms with Crippen LogP contribution in [0, 0.1) is 0 Å². The van der Waals surface area contributed by atoms with Gasteiger partial charge in [0.2, 0.25) is 10.1 Å². The highest BCUT2D eigenvalue weighted by atomic mass is 32.1. The van der Waals surface area contributed by atoms with Gasteiger partial charge in [0.05, 0.1) is 10.9 Å². The summed E-state index contributed by atoms with van der Waals surface area (Å²) >= 11 is 1.33. The Balaban J connectivity index is 1.41. The number of nitrogens with zero attached hydrogens (tertiary/aromatic N) is 3. The van der Waals surface area contributed by atoms with E-state index in [1.54, 1.807) is 6.07 Å². The van der Waals surface area contributed by atoms with Gasteiger partial charge in [-0.25, -0.2) is 4.98 Å². The number of aromatic nitrogens is 3. The highest BCUT2D eigenvalue weighted by Gasteiger charge is 2.10. The number of nitrogens with one attached hydrogen (secondary N) is 1. The van der Waals surface area contributed by atoms with Gasteiger partial charge < -0.3 is 10.1 Å². The van der Waals surface area contributed by atoms with Crippen molar-refractivity contribution < 1.29 is 4.74 Å². The first kappa shape index (κ1) is 16.5. The topological polar surface area (TPSA) is 68.5 Å². The van der Waals surface area contributed by atoms with Gasteiger partial charge in [-0.05, 0) is 48.5 Å². The molecule has 7 heteroatoms. The first-order valence-corrected chi connectivity index (χ1v) is 9.46. The third-order valence-electron chi connectivity index (χ3n) is 4.19. The van der Waals surface area contributed by atoms with E-state index in [0.29, 0.717) is 21.0 Å². The second-order valence-electron chi connectivity index (χ2n) is 6.10. The predicted molar refractivity (Wildman–Crippen MR) is 111 cm³/mol. The molecule has 0 spiro atoms. The monoisotopic (exact) mass is 386 g/mol. The van der Waals surface area contributed by atoms with Gasteiger partial charge in [-0.1, -0.05) is 41.7 Å². The minimum Gasteiger partial charge on any atom is -0.457 e. The van der Waals surface area contributed by atoms with E-state index in [4.69, 9.17) is 4.74 Å². The molecule has 0 atom stereocenters. The minimum atomic E-state index is -0.170. The summed E-state index contributed by atoms with van der Waals surface area (Å²) in [4.78, 5) is 17.7. The molecule has 0 amide bonds. The maximum Gasteiger partial charge on any atom is 0.283 e. The Kier molecular flexibility index (Phi) is 3.99. The largest absolute Gasteiger partial charge is 0.457 e. The molecular weight excluding hydrogens is 372 g/mol. The summed E-state index contributed by atoms with van der Waals surface area (Å²) in [5, 5.41) is 8.73. The number of ether oxygens (including phenoxy) is 1. The molecule has 0 aliphatic carbocycles. The molecule has 2 heterocycles. The lowest BCUT2D eigenvalue weighted by Gasteiger charge is -2.06. The molecule has 0 unspecified atom stereocenters. The summed E-state index contributed by atoms with van der Waals surface area (Å²) in [6.07, 6.45) is 0. The summed E-state index contributed by atoms with van der Waals surface area (Å²) in [6.45, 7) is 0. The molecule has 0 aliphatic heterocycles. The Labute approximate surface area is 163 Å². The summed E-state index contributed by atoms with van der Waals surface area (Å²) in [5.41, 5.74) is 1.35. The van der Waals surface area contributed by atoms with Gasteiger partial charge in [0.25, 0.3) is 5.56 Å². The molecule has 6 nitrogen and oxygen atoms in total. The third-order valence-corrected chi connectivity index (χ3v) is 5.01. The van der Waals surface area contributed by atoms with Gasteiger partial charge in [0.1, 0.15) is 11.5 Å². The highest BCUT2D eigenvalue weighted by Crippen LogP contribution is 2.26. The van der Waals surface area contributed by atoms with Crippen molar-refractivity contribution in [2.24, 2.45) is 0 Å². The zero-order valence-electron chi connectivity index (χ0n) is 14.6. The number of fused-ring (bicyclic) bond motifs is 2. The lowest BCUT2D eigenvalue weighted by atomic mass is 10.2. The van der Waals surface area contributed by atoms with Crippen molar-refractivity contribution in [3.63, 3.8) is 0 Å². The number of rotatable bonds is 4. The van der Waals surface area contributed by atoms with E-state index in [1.165, 1.54) is 15.9 Å². The molecule has 0 aliphatic rings. The van der Waals surface area contributed by atoms with Crippen molar-refractivity contribution in [1.29, 1.82) is 0 Å². The fourth-order valence-corrected chi connectivity index (χ4v) is 3.68. The smallest absolute Gasteiger partial charge is 0.283 e. The normalized spacial score (nSPS) is 11.0. The Morgan fingerprint density at radius 2 is 1.57 bits per heavy atom. The van der Waals surface area contributed by atoms with Crippen LogP contribution in [0.25, 0.3) is 15.9 Å². The number of anilines is 2. The van der Waals surface area contributed by atoms with Crippen LogP contribution in [0.4, 0.5) is 10.8 Å². The van der Waals surface area contributed by atoms with Crippen LogP contribution in [0.5, 0.6) is 11.5 Å². The average molecular weight is 386 g/mol. The van der Waals surface area contributed by atoms with Crippen molar-refractivity contribution in [3.8, 4) is 11.5 Å². The van der Waals surface area contributed by atoms with Crippen molar-refractivity contribution in [2.45, 2.75) is 0 Å². The fraction of sp³-hybridized carbons (Fsp3) is 0. The Morgan fingerprint density at radius 3 is 2.39 bits per heavy atom. The van der Waals surface area contributed by atoms with E-state index in [9.17, 15) is 4.79 Å². The van der Waals surface area contributed by atoms with Crippen LogP contribution in [0.15, 0.2) is 83.7 Å². The van der Waals surface area contributed by atoms with E-state index in [1.807, 2.05) is 72.8 Å². The first-order chi connectivity index (χ1) is 13.8. The van der Waals surface area contributed by atoms with Gasteiger partial charge in [0.15, 0.2) is 0 Å². The SMILES string of the molecule is O=c1c2ccccc2nc2sc(Nc3ccc(Oc4ccccc4)cc3)nn12. The zero-order chi connectivity index (χ0) is 18.9. The number of hydrogen-bond donors (Lipinski definition) is 1. The van der Waals surface area contributed by atoms with Crippen LogP contribution >= 0.6 is 11.3 Å². The van der Waals surface area contributed by atoms with Crippen LogP contribution in [0.2, 0.25) is 0 Å². The van der Waals surface area contributed by atoms with Gasteiger partial charge >= 0.3 is 0 Å². The van der Waals surface area contributed by atoms with Crippen molar-refractivity contribution in [2.75, 3.05) is 5.32 Å². The predicted octanol–water partition coefficient (Wildman–Crippen LogP) is 4.84. The van der Waals surface area contributed by atoms with Crippen LogP contribution in [-0.2, 0) is 0 Å². The van der Waals surface area contributed by atoms with E-state index >= 15 is 0 Å². The Bertz CT molecular complexity index is 1330. The molecule has 1 N–H and O–H groups in total. The average Bonchev–Trinajstić information content (AvgIpc) is 3.13. The van der Waals surface area contributed by atoms with Crippen LogP contribution in [-0.4, -0.2) is 14.6 Å². The molecule has 0 fully saturated rings. The number of para-hydroxylation sites is 2. The van der Waals surface area contributed by atoms with Gasteiger partial charge in [-0.2, -0.15) is 4.52 Å². The maximum atomic E-state index is 12.6. The zero-order valence-corrected chi connectivity index (χ0v) is 15.4. The molecular formula is C21H14N4O2S. The maximum absolute atomic E-state index is 12.6. The fourth-order valence-electron chi connectivity index (χ4n) is 2.86. The molecule has 0 saturated heterocycles. The first-order valence-electron chi connectivity index (χ1n) is 8.65. The van der Waals surface area contributed by atoms with Crippen LogP contribution in [0.3, 0.4) is 0 Å². The Morgan fingerprint density at radius 1 is 0.857 bits per heavy atom. The summed E-state index contributed by atoms with van der Waals surface area (Å²) in [6, 6.07) is 24.4. The van der Waals surface area contributed by atoms with E-state index in [-0.39, 0.29) is 5.56 Å². The number of benzene rings is 3. The van der Waals surface area contributed by atoms with Crippen LogP contribution < -0.4 is 15.6 Å². The summed E-state index contributed by atoms with van der Waals surface area (Å²) in [5.74, 6) is 1.53. The quantitative estimate of drug-likeness (QED) is 0.479. The molecule has 2 aromatic heterocycles. The van der Waals surface area contributed by atoms with E-state index < -0.39 is 0 Å². The number of hydrogen-bond acceptors (Lipinski definition) is 6. The standard InChI is InChI=1S/C21H14N4O2S/c26-19-17-8-4-5-9-18(17)23-21-25(19)24-20(28-21)22-14-10-12-16(13-11-14)27-15-6-2-1-3-7-15/h1-13H,(H,22,24).